The van der Waals surface area contributed by atoms with Gasteiger partial charge in [0, 0.05) is 6.54 Å². The first kappa shape index (κ1) is 12.3. The van der Waals surface area contributed by atoms with Gasteiger partial charge in [-0.1, -0.05) is 20.8 Å². The molecule has 1 saturated heterocycles. The molecule has 1 rings (SSSR count). The molecule has 0 saturated carbocycles. The monoisotopic (exact) mass is 215 g/mol. The SMILES string of the molecule is CC(C)(C)[C@]1(C)N(C(=O)O)CC[C@]1(C)O. The second kappa shape index (κ2) is 3.11. The highest BCUT2D eigenvalue weighted by Gasteiger charge is 2.60. The molecule has 0 aromatic carbocycles. The molecule has 1 fully saturated rings. The van der Waals surface area contributed by atoms with Gasteiger partial charge >= 0.3 is 6.09 Å². The summed E-state index contributed by atoms with van der Waals surface area (Å²) in [7, 11) is 0. The van der Waals surface area contributed by atoms with E-state index in [0.29, 0.717) is 13.0 Å². The summed E-state index contributed by atoms with van der Waals surface area (Å²) >= 11 is 0. The summed E-state index contributed by atoms with van der Waals surface area (Å²) < 4.78 is 0. The van der Waals surface area contributed by atoms with Gasteiger partial charge in [0.15, 0.2) is 0 Å². The molecule has 4 heteroatoms. The Balaban J connectivity index is 3.23. The largest absolute Gasteiger partial charge is 0.465 e. The van der Waals surface area contributed by atoms with Crippen LogP contribution in [-0.4, -0.2) is 38.9 Å². The molecule has 88 valence electrons. The average Bonchev–Trinajstić information content (AvgIpc) is 2.23. The number of amides is 1. The Labute approximate surface area is 90.9 Å². The molecule has 15 heavy (non-hydrogen) atoms. The number of nitrogens with zero attached hydrogens (tertiary/aromatic N) is 1. The predicted molar refractivity (Wildman–Crippen MR) is 57.8 cm³/mol. The van der Waals surface area contributed by atoms with Crippen LogP contribution in [0.15, 0.2) is 0 Å². The maximum absolute atomic E-state index is 11.2. The van der Waals surface area contributed by atoms with Crippen LogP contribution in [0.1, 0.15) is 41.0 Å². The van der Waals surface area contributed by atoms with Gasteiger partial charge in [-0.2, -0.15) is 0 Å². The molecule has 0 unspecified atom stereocenters. The lowest BCUT2D eigenvalue weighted by Gasteiger charge is -2.50. The highest BCUT2D eigenvalue weighted by molar-refractivity contribution is 5.67. The molecule has 1 amide bonds. The first-order chi connectivity index (χ1) is 6.54. The second-order valence-electron chi connectivity index (χ2n) is 5.78. The molecule has 1 aliphatic rings. The Morgan fingerprint density at radius 2 is 1.80 bits per heavy atom. The highest BCUT2D eigenvalue weighted by atomic mass is 16.4. The van der Waals surface area contributed by atoms with Crippen molar-refractivity contribution in [1.29, 1.82) is 0 Å². The number of hydrogen-bond acceptors (Lipinski definition) is 2. The quantitative estimate of drug-likeness (QED) is 0.649. The number of rotatable bonds is 0. The fourth-order valence-corrected chi connectivity index (χ4v) is 2.59. The third-order valence-electron chi connectivity index (χ3n) is 4.10. The zero-order valence-corrected chi connectivity index (χ0v) is 10.2. The van der Waals surface area contributed by atoms with E-state index < -0.39 is 17.2 Å². The Morgan fingerprint density at radius 3 is 2.07 bits per heavy atom. The normalized spacial score (nSPS) is 37.1. The molecule has 0 aromatic heterocycles. The smallest absolute Gasteiger partial charge is 0.407 e. The lowest BCUT2D eigenvalue weighted by atomic mass is 9.66. The molecule has 0 aromatic rings. The zero-order chi connectivity index (χ0) is 12.1. The summed E-state index contributed by atoms with van der Waals surface area (Å²) in [5, 5.41) is 19.5. The van der Waals surface area contributed by atoms with E-state index in [1.807, 2.05) is 27.7 Å². The Kier molecular flexibility index (Phi) is 2.55. The molecule has 1 heterocycles. The number of aliphatic hydroxyl groups is 1. The van der Waals surface area contributed by atoms with Crippen molar-refractivity contribution in [3.05, 3.63) is 0 Å². The van der Waals surface area contributed by atoms with Crippen LogP contribution in [0.4, 0.5) is 4.79 Å². The van der Waals surface area contributed by atoms with Gasteiger partial charge in [-0.3, -0.25) is 4.90 Å². The van der Waals surface area contributed by atoms with E-state index in [1.165, 1.54) is 4.90 Å². The van der Waals surface area contributed by atoms with Crippen molar-refractivity contribution in [2.24, 2.45) is 5.41 Å². The van der Waals surface area contributed by atoms with E-state index in [9.17, 15) is 9.90 Å². The van der Waals surface area contributed by atoms with E-state index in [0.717, 1.165) is 0 Å². The lowest BCUT2D eigenvalue weighted by Crippen LogP contribution is -2.63. The maximum Gasteiger partial charge on any atom is 0.407 e. The molecular weight excluding hydrogens is 194 g/mol. The molecule has 0 bridgehead atoms. The maximum atomic E-state index is 11.2. The van der Waals surface area contributed by atoms with Crippen molar-refractivity contribution in [3.63, 3.8) is 0 Å². The van der Waals surface area contributed by atoms with Crippen molar-refractivity contribution in [2.45, 2.75) is 52.2 Å². The van der Waals surface area contributed by atoms with Gasteiger partial charge in [0.05, 0.1) is 11.1 Å². The second-order valence-corrected chi connectivity index (χ2v) is 5.78. The van der Waals surface area contributed by atoms with Gasteiger partial charge < -0.3 is 10.2 Å². The first-order valence-corrected chi connectivity index (χ1v) is 5.27. The van der Waals surface area contributed by atoms with Gasteiger partial charge in [-0.25, -0.2) is 4.79 Å². The number of likely N-dealkylation sites (tertiary alicyclic amines) is 1. The van der Waals surface area contributed by atoms with Crippen molar-refractivity contribution >= 4 is 6.09 Å². The van der Waals surface area contributed by atoms with Crippen molar-refractivity contribution in [3.8, 4) is 0 Å². The topological polar surface area (TPSA) is 60.8 Å². The van der Waals surface area contributed by atoms with Crippen LogP contribution in [0, 0.1) is 5.41 Å². The summed E-state index contributed by atoms with van der Waals surface area (Å²) in [6.45, 7) is 9.83. The molecule has 0 aliphatic carbocycles. The Bertz CT molecular complexity index is 280. The first-order valence-electron chi connectivity index (χ1n) is 5.27. The van der Waals surface area contributed by atoms with Crippen LogP contribution < -0.4 is 0 Å². The van der Waals surface area contributed by atoms with E-state index in [4.69, 9.17) is 5.11 Å². The summed E-state index contributed by atoms with van der Waals surface area (Å²) in [4.78, 5) is 12.5. The Hall–Kier alpha value is -0.770. The predicted octanol–water partition coefficient (Wildman–Crippen LogP) is 1.93. The Morgan fingerprint density at radius 1 is 1.33 bits per heavy atom. The number of hydrogen-bond donors (Lipinski definition) is 2. The molecular formula is C11H21NO3. The molecule has 1 aliphatic heterocycles. The fourth-order valence-electron chi connectivity index (χ4n) is 2.59. The fraction of sp³-hybridized carbons (Fsp3) is 0.909. The van der Waals surface area contributed by atoms with Gasteiger partial charge in [0.2, 0.25) is 0 Å². The van der Waals surface area contributed by atoms with Gasteiger partial charge in [-0.05, 0) is 25.7 Å². The van der Waals surface area contributed by atoms with E-state index in [2.05, 4.69) is 0 Å². The van der Waals surface area contributed by atoms with E-state index in [1.54, 1.807) is 6.92 Å². The van der Waals surface area contributed by atoms with Crippen LogP contribution in [0.5, 0.6) is 0 Å². The van der Waals surface area contributed by atoms with E-state index >= 15 is 0 Å². The highest BCUT2D eigenvalue weighted by Crippen LogP contribution is 2.49. The lowest BCUT2D eigenvalue weighted by molar-refractivity contribution is -0.0892. The van der Waals surface area contributed by atoms with Gasteiger partial charge in [0.25, 0.3) is 0 Å². The van der Waals surface area contributed by atoms with Crippen LogP contribution in [0.3, 0.4) is 0 Å². The number of carbonyl (C=O) groups is 1. The van der Waals surface area contributed by atoms with Gasteiger partial charge in [0.1, 0.15) is 0 Å². The summed E-state index contributed by atoms with van der Waals surface area (Å²) in [6.07, 6.45) is -0.460. The van der Waals surface area contributed by atoms with Crippen molar-refractivity contribution in [1.82, 2.24) is 4.90 Å². The summed E-state index contributed by atoms with van der Waals surface area (Å²) in [5.74, 6) is 0. The van der Waals surface area contributed by atoms with Crippen LogP contribution in [0.2, 0.25) is 0 Å². The van der Waals surface area contributed by atoms with E-state index in [-0.39, 0.29) is 5.41 Å². The minimum Gasteiger partial charge on any atom is -0.465 e. The van der Waals surface area contributed by atoms with Crippen molar-refractivity contribution < 1.29 is 15.0 Å². The molecule has 2 atom stereocenters. The summed E-state index contributed by atoms with van der Waals surface area (Å²) in [6, 6.07) is 0. The minimum absolute atomic E-state index is 0.300. The van der Waals surface area contributed by atoms with Crippen LogP contribution in [-0.2, 0) is 0 Å². The molecule has 2 N–H and O–H groups in total. The van der Waals surface area contributed by atoms with Gasteiger partial charge in [-0.15, -0.1) is 0 Å². The molecule has 0 spiro atoms. The van der Waals surface area contributed by atoms with Crippen molar-refractivity contribution in [2.75, 3.05) is 6.54 Å². The molecule has 0 radical (unpaired) electrons. The van der Waals surface area contributed by atoms with Crippen LogP contribution >= 0.6 is 0 Å². The summed E-state index contributed by atoms with van der Waals surface area (Å²) in [5.41, 5.74) is -2.01. The average molecular weight is 215 g/mol. The standard InChI is InChI=1S/C11H21NO3/c1-9(2,3)11(5)10(4,15)6-7-12(11)8(13)14/h15H,6-7H2,1-5H3,(H,13,14)/t10-,11-/m0/s1. The van der Waals surface area contributed by atoms with Crippen LogP contribution in [0.25, 0.3) is 0 Å². The third-order valence-corrected chi connectivity index (χ3v) is 4.10. The molecule has 4 nitrogen and oxygen atoms in total. The zero-order valence-electron chi connectivity index (χ0n) is 10.2. The minimum atomic E-state index is -0.969. The number of carboxylic acid groups (broad SMARTS) is 1. The third kappa shape index (κ3) is 1.51.